The number of carbonyl (C=O) groups excluding carboxylic acids is 1. The van der Waals surface area contributed by atoms with Crippen LogP contribution in [-0.4, -0.2) is 53.4 Å². The minimum atomic E-state index is -4.04. The standard InChI is InChI=1S/C19H25N3O4S2/c1-5-6-8-20-16-10-15(19(23)26-4)11-17(18(16)14-7-9-27-12-14)28(24,25)21-13-22(2)3/h7,9-13,20H,5-6,8H2,1-4H3/b21-13+. The molecule has 0 fully saturated rings. The molecule has 0 bridgehead atoms. The van der Waals surface area contributed by atoms with E-state index >= 15 is 0 Å². The molecule has 0 atom stereocenters. The van der Waals surface area contributed by atoms with Gasteiger partial charge in [0, 0.05) is 31.9 Å². The van der Waals surface area contributed by atoms with Gasteiger partial charge in [0.1, 0.15) is 11.2 Å². The van der Waals surface area contributed by atoms with Gasteiger partial charge in [0.25, 0.3) is 10.0 Å². The number of methoxy groups -OCH3 is 1. The molecule has 9 heteroatoms. The summed E-state index contributed by atoms with van der Waals surface area (Å²) in [5, 5.41) is 7.01. The Morgan fingerprint density at radius 1 is 1.36 bits per heavy atom. The largest absolute Gasteiger partial charge is 0.465 e. The maximum Gasteiger partial charge on any atom is 0.337 e. The lowest BCUT2D eigenvalue weighted by molar-refractivity contribution is 0.0600. The first kappa shape index (κ1) is 21.9. The molecule has 0 spiro atoms. The molecule has 0 radical (unpaired) electrons. The van der Waals surface area contributed by atoms with Gasteiger partial charge in [-0.1, -0.05) is 13.3 Å². The molecular weight excluding hydrogens is 398 g/mol. The van der Waals surface area contributed by atoms with Crippen molar-refractivity contribution in [2.75, 3.05) is 33.1 Å². The fraction of sp³-hybridized carbons (Fsp3) is 0.368. The summed E-state index contributed by atoms with van der Waals surface area (Å²) in [6.07, 6.45) is 3.11. The van der Waals surface area contributed by atoms with Crippen LogP contribution in [0.25, 0.3) is 11.1 Å². The number of unbranched alkanes of at least 4 members (excludes halogenated alkanes) is 1. The molecule has 0 saturated carbocycles. The average Bonchev–Trinajstić information content (AvgIpc) is 3.19. The van der Waals surface area contributed by atoms with E-state index < -0.39 is 16.0 Å². The van der Waals surface area contributed by atoms with Crippen LogP contribution in [0, 0.1) is 0 Å². The third kappa shape index (κ3) is 5.32. The Morgan fingerprint density at radius 3 is 2.68 bits per heavy atom. The van der Waals surface area contributed by atoms with Gasteiger partial charge in [-0.3, -0.25) is 0 Å². The Kier molecular flexibility index (Phi) is 7.59. The summed E-state index contributed by atoms with van der Waals surface area (Å²) in [5.74, 6) is -0.608. The van der Waals surface area contributed by atoms with Crippen LogP contribution >= 0.6 is 11.3 Å². The molecule has 2 aromatic rings. The number of thiophene rings is 1. The number of carbonyl (C=O) groups is 1. The Hall–Kier alpha value is -2.39. The predicted octanol–water partition coefficient (Wildman–Crippen LogP) is 3.69. The zero-order valence-electron chi connectivity index (χ0n) is 16.4. The molecule has 0 aliphatic carbocycles. The molecule has 0 aliphatic rings. The van der Waals surface area contributed by atoms with E-state index in [0.717, 1.165) is 18.4 Å². The summed E-state index contributed by atoms with van der Waals surface area (Å²) in [6.45, 7) is 2.72. The summed E-state index contributed by atoms with van der Waals surface area (Å²) in [4.78, 5) is 13.6. The van der Waals surface area contributed by atoms with E-state index in [1.807, 2.05) is 16.8 Å². The number of sulfonamides is 1. The Morgan fingerprint density at radius 2 is 2.11 bits per heavy atom. The molecule has 28 heavy (non-hydrogen) atoms. The summed E-state index contributed by atoms with van der Waals surface area (Å²) in [6, 6.07) is 4.80. The number of rotatable bonds is 9. The highest BCUT2D eigenvalue weighted by atomic mass is 32.2. The fourth-order valence-electron chi connectivity index (χ4n) is 2.51. The number of benzene rings is 1. The second kappa shape index (κ2) is 9.70. The van der Waals surface area contributed by atoms with Crippen LogP contribution in [0.15, 0.2) is 38.3 Å². The molecule has 1 aromatic carbocycles. The zero-order valence-corrected chi connectivity index (χ0v) is 18.1. The highest BCUT2D eigenvalue weighted by Crippen LogP contribution is 2.38. The monoisotopic (exact) mass is 423 g/mol. The summed E-state index contributed by atoms with van der Waals surface area (Å²) < 4.78 is 34.6. The number of nitrogens with zero attached hydrogens (tertiary/aromatic N) is 2. The van der Waals surface area contributed by atoms with Crippen LogP contribution in [0.1, 0.15) is 30.1 Å². The van der Waals surface area contributed by atoms with Gasteiger partial charge in [0.05, 0.1) is 12.7 Å². The second-order valence-corrected chi connectivity index (χ2v) is 8.72. The Labute approximate surface area is 170 Å². The van der Waals surface area contributed by atoms with Gasteiger partial charge in [0.15, 0.2) is 0 Å². The van der Waals surface area contributed by atoms with Crippen molar-refractivity contribution >= 4 is 39.4 Å². The molecule has 2 rings (SSSR count). The maximum absolute atomic E-state index is 13.0. The summed E-state index contributed by atoms with van der Waals surface area (Å²) in [7, 11) is 0.581. The van der Waals surface area contributed by atoms with E-state index in [2.05, 4.69) is 16.6 Å². The fourth-order valence-corrected chi connectivity index (χ4v) is 4.35. The predicted molar refractivity (Wildman–Crippen MR) is 114 cm³/mol. The van der Waals surface area contributed by atoms with Crippen LogP contribution in [0.5, 0.6) is 0 Å². The van der Waals surface area contributed by atoms with Crippen molar-refractivity contribution in [3.8, 4) is 11.1 Å². The van der Waals surface area contributed by atoms with Crippen LogP contribution in [0.3, 0.4) is 0 Å². The smallest absolute Gasteiger partial charge is 0.337 e. The number of anilines is 1. The quantitative estimate of drug-likeness (QED) is 0.286. The summed E-state index contributed by atoms with van der Waals surface area (Å²) in [5.41, 5.74) is 1.97. The lowest BCUT2D eigenvalue weighted by Gasteiger charge is -2.17. The average molecular weight is 424 g/mol. The van der Waals surface area contributed by atoms with Gasteiger partial charge in [-0.15, -0.1) is 4.40 Å². The van der Waals surface area contributed by atoms with E-state index in [9.17, 15) is 13.2 Å². The van der Waals surface area contributed by atoms with Crippen molar-refractivity contribution in [3.05, 3.63) is 34.5 Å². The van der Waals surface area contributed by atoms with Gasteiger partial charge in [-0.05, 0) is 40.9 Å². The second-order valence-electron chi connectivity index (χ2n) is 6.34. The van der Waals surface area contributed by atoms with Crippen molar-refractivity contribution in [1.29, 1.82) is 0 Å². The molecule has 7 nitrogen and oxygen atoms in total. The van der Waals surface area contributed by atoms with Crippen LogP contribution in [0.4, 0.5) is 5.69 Å². The molecule has 152 valence electrons. The van der Waals surface area contributed by atoms with Gasteiger partial charge in [0.2, 0.25) is 0 Å². The van der Waals surface area contributed by atoms with Gasteiger partial charge >= 0.3 is 5.97 Å². The van der Waals surface area contributed by atoms with Crippen molar-refractivity contribution in [2.45, 2.75) is 24.7 Å². The van der Waals surface area contributed by atoms with Crippen LogP contribution in [-0.2, 0) is 14.8 Å². The first-order valence-corrected chi connectivity index (χ1v) is 11.2. The molecule has 1 aromatic heterocycles. The molecule has 1 heterocycles. The van der Waals surface area contributed by atoms with Gasteiger partial charge < -0.3 is 15.0 Å². The number of hydrogen-bond acceptors (Lipinski definition) is 6. The summed E-state index contributed by atoms with van der Waals surface area (Å²) >= 11 is 1.46. The van der Waals surface area contributed by atoms with Crippen molar-refractivity contribution in [3.63, 3.8) is 0 Å². The van der Waals surface area contributed by atoms with Gasteiger partial charge in [-0.25, -0.2) is 4.79 Å². The maximum atomic E-state index is 13.0. The molecule has 0 amide bonds. The zero-order chi connectivity index (χ0) is 20.7. The van der Waals surface area contributed by atoms with Crippen molar-refractivity contribution in [2.24, 2.45) is 4.40 Å². The third-order valence-corrected chi connectivity index (χ3v) is 5.81. The van der Waals surface area contributed by atoms with E-state index in [-0.39, 0.29) is 10.5 Å². The first-order chi connectivity index (χ1) is 13.3. The van der Waals surface area contributed by atoms with Crippen molar-refractivity contribution in [1.82, 2.24) is 4.90 Å². The normalized spacial score (nSPS) is 11.6. The Balaban J connectivity index is 2.74. The van der Waals surface area contributed by atoms with E-state index in [4.69, 9.17) is 4.74 Å². The minimum Gasteiger partial charge on any atom is -0.465 e. The van der Waals surface area contributed by atoms with E-state index in [1.54, 1.807) is 20.2 Å². The molecule has 0 saturated heterocycles. The van der Waals surface area contributed by atoms with Crippen LogP contribution < -0.4 is 5.32 Å². The molecular formula is C19H25N3O4S2. The number of nitrogens with one attached hydrogen (secondary N) is 1. The van der Waals surface area contributed by atoms with Crippen molar-refractivity contribution < 1.29 is 17.9 Å². The highest BCUT2D eigenvalue weighted by Gasteiger charge is 2.25. The minimum absolute atomic E-state index is 0.0362. The lowest BCUT2D eigenvalue weighted by atomic mass is 10.0. The third-order valence-electron chi connectivity index (χ3n) is 3.87. The number of ether oxygens (including phenoxy) is 1. The van der Waals surface area contributed by atoms with E-state index in [1.165, 1.54) is 35.8 Å². The number of hydrogen-bond donors (Lipinski definition) is 1. The number of esters is 1. The highest BCUT2D eigenvalue weighted by molar-refractivity contribution is 7.90. The van der Waals surface area contributed by atoms with E-state index in [0.29, 0.717) is 17.8 Å². The first-order valence-electron chi connectivity index (χ1n) is 8.79. The topological polar surface area (TPSA) is 88.1 Å². The molecule has 0 unspecified atom stereocenters. The Bertz CT molecular complexity index is 936. The van der Waals surface area contributed by atoms with Crippen LogP contribution in [0.2, 0.25) is 0 Å². The molecule has 0 aliphatic heterocycles. The lowest BCUT2D eigenvalue weighted by Crippen LogP contribution is -2.13. The molecule has 1 N–H and O–H groups in total. The SMILES string of the molecule is CCCCNc1cc(C(=O)OC)cc(S(=O)(=O)/N=C/N(C)C)c1-c1ccsc1. The van der Waals surface area contributed by atoms with Gasteiger partial charge in [-0.2, -0.15) is 19.8 Å².